The average Bonchev–Trinajstić information content (AvgIpc) is 2.11. The van der Waals surface area contributed by atoms with Crippen LogP contribution in [0.5, 0.6) is 0 Å². The summed E-state index contributed by atoms with van der Waals surface area (Å²) in [5, 5.41) is 8.94. The molecule has 1 aliphatic rings. The first-order valence-electron chi connectivity index (χ1n) is 4.04. The van der Waals surface area contributed by atoms with Gasteiger partial charge in [0, 0.05) is 0 Å². The molecule has 0 unspecified atom stereocenters. The van der Waals surface area contributed by atoms with E-state index in [0.29, 0.717) is 0 Å². The van der Waals surface area contributed by atoms with Crippen molar-refractivity contribution in [1.29, 1.82) is 5.26 Å². The van der Waals surface area contributed by atoms with Crippen LogP contribution in [0.3, 0.4) is 0 Å². The first kappa shape index (κ1) is 8.80. The fourth-order valence-electron chi connectivity index (χ4n) is 1.41. The minimum atomic E-state index is -0.433. The van der Waals surface area contributed by atoms with Gasteiger partial charge in [-0.25, -0.2) is 0 Å². The van der Waals surface area contributed by atoms with Crippen LogP contribution in [0.15, 0.2) is 35.5 Å². The molecule has 1 heteroatoms. The summed E-state index contributed by atoms with van der Waals surface area (Å²) in [4.78, 5) is 0. The topological polar surface area (TPSA) is 23.8 Å². The van der Waals surface area contributed by atoms with Gasteiger partial charge < -0.3 is 0 Å². The molecule has 0 spiro atoms. The number of nitriles is 1. The van der Waals surface area contributed by atoms with E-state index in [1.807, 2.05) is 45.1 Å². The van der Waals surface area contributed by atoms with Crippen molar-refractivity contribution in [1.82, 2.24) is 0 Å². The maximum Gasteiger partial charge on any atom is 0.0916 e. The molecule has 0 aromatic carbocycles. The van der Waals surface area contributed by atoms with Gasteiger partial charge in [0.05, 0.1) is 11.5 Å². The minimum absolute atomic E-state index is 0.433. The Labute approximate surface area is 73.7 Å². The second kappa shape index (κ2) is 2.98. The van der Waals surface area contributed by atoms with Crippen LogP contribution in [0.2, 0.25) is 0 Å². The number of nitrogens with zero attached hydrogens (tertiary/aromatic N) is 1. The molecule has 0 fully saturated rings. The van der Waals surface area contributed by atoms with Gasteiger partial charge in [0.15, 0.2) is 0 Å². The summed E-state index contributed by atoms with van der Waals surface area (Å²) < 4.78 is 0. The molecular weight excluding hydrogens is 146 g/mol. The van der Waals surface area contributed by atoms with E-state index in [1.165, 1.54) is 0 Å². The van der Waals surface area contributed by atoms with Gasteiger partial charge in [-0.2, -0.15) is 5.26 Å². The molecule has 0 bridgehead atoms. The highest BCUT2D eigenvalue weighted by Gasteiger charge is 2.18. The van der Waals surface area contributed by atoms with Gasteiger partial charge in [0.25, 0.3) is 0 Å². The molecule has 0 heterocycles. The molecule has 0 radical (unpaired) electrons. The first-order chi connectivity index (χ1) is 5.56. The van der Waals surface area contributed by atoms with Crippen molar-refractivity contribution >= 4 is 0 Å². The summed E-state index contributed by atoms with van der Waals surface area (Å²) in [5.41, 5.74) is 1.86. The summed E-state index contributed by atoms with van der Waals surface area (Å²) in [7, 11) is 0. The third-order valence-corrected chi connectivity index (χ3v) is 1.91. The van der Waals surface area contributed by atoms with Crippen LogP contribution in [-0.4, -0.2) is 0 Å². The van der Waals surface area contributed by atoms with Gasteiger partial charge in [-0.15, -0.1) is 0 Å². The summed E-state index contributed by atoms with van der Waals surface area (Å²) >= 11 is 0. The standard InChI is InChI=1S/C11H13N/c1-9-4-5-10(2)7-11(3,6-9)8-12/h4-7H,1-3H3. The lowest BCUT2D eigenvalue weighted by atomic mass is 9.89. The quantitative estimate of drug-likeness (QED) is 0.533. The Balaban J connectivity index is 3.15. The molecule has 0 atom stereocenters. The predicted octanol–water partition coefficient (Wildman–Crippen LogP) is 2.98. The molecule has 0 saturated carbocycles. The fourth-order valence-corrected chi connectivity index (χ4v) is 1.41. The van der Waals surface area contributed by atoms with Crippen molar-refractivity contribution in [3.8, 4) is 6.07 Å². The monoisotopic (exact) mass is 159 g/mol. The second-order valence-corrected chi connectivity index (χ2v) is 3.50. The minimum Gasteiger partial charge on any atom is -0.197 e. The molecule has 0 aromatic heterocycles. The predicted molar refractivity (Wildman–Crippen MR) is 50.4 cm³/mol. The Morgan fingerprint density at radius 1 is 1.17 bits per heavy atom. The lowest BCUT2D eigenvalue weighted by molar-refractivity contribution is 0.727. The molecule has 12 heavy (non-hydrogen) atoms. The molecule has 0 N–H and O–H groups in total. The van der Waals surface area contributed by atoms with E-state index < -0.39 is 5.41 Å². The number of allylic oxidation sites excluding steroid dienone is 6. The summed E-state index contributed by atoms with van der Waals surface area (Å²) in [6.07, 6.45) is 8.04. The van der Waals surface area contributed by atoms with E-state index in [2.05, 4.69) is 6.07 Å². The zero-order valence-electron chi connectivity index (χ0n) is 7.76. The highest BCUT2D eigenvalue weighted by molar-refractivity contribution is 5.38. The lowest BCUT2D eigenvalue weighted by Crippen LogP contribution is -2.06. The Bertz CT molecular complexity index is 288. The van der Waals surface area contributed by atoms with Gasteiger partial charge in [0.1, 0.15) is 0 Å². The molecule has 0 aliphatic heterocycles. The van der Waals surface area contributed by atoms with Crippen molar-refractivity contribution in [3.63, 3.8) is 0 Å². The number of rotatable bonds is 0. The SMILES string of the molecule is CC1=CC(C)(C#N)C=C(C)C=C1. The van der Waals surface area contributed by atoms with Gasteiger partial charge in [-0.1, -0.05) is 35.5 Å². The van der Waals surface area contributed by atoms with E-state index in [4.69, 9.17) is 5.26 Å². The van der Waals surface area contributed by atoms with Crippen LogP contribution in [0.1, 0.15) is 20.8 Å². The van der Waals surface area contributed by atoms with Crippen molar-refractivity contribution < 1.29 is 0 Å². The molecule has 62 valence electrons. The molecule has 1 nitrogen and oxygen atoms in total. The van der Waals surface area contributed by atoms with E-state index in [1.54, 1.807) is 0 Å². The highest BCUT2D eigenvalue weighted by Crippen LogP contribution is 2.26. The Morgan fingerprint density at radius 2 is 1.58 bits per heavy atom. The van der Waals surface area contributed by atoms with Crippen LogP contribution in [0, 0.1) is 16.7 Å². The van der Waals surface area contributed by atoms with Crippen molar-refractivity contribution in [2.45, 2.75) is 20.8 Å². The van der Waals surface area contributed by atoms with Crippen molar-refractivity contribution in [2.24, 2.45) is 5.41 Å². The Morgan fingerprint density at radius 3 is 1.92 bits per heavy atom. The van der Waals surface area contributed by atoms with Crippen LogP contribution < -0.4 is 0 Å². The van der Waals surface area contributed by atoms with Gasteiger partial charge >= 0.3 is 0 Å². The summed E-state index contributed by atoms with van der Waals surface area (Å²) in [5.74, 6) is 0. The van der Waals surface area contributed by atoms with Crippen LogP contribution in [0.25, 0.3) is 0 Å². The van der Waals surface area contributed by atoms with E-state index in [0.717, 1.165) is 11.1 Å². The number of hydrogen-bond donors (Lipinski definition) is 0. The van der Waals surface area contributed by atoms with E-state index in [9.17, 15) is 0 Å². The maximum absolute atomic E-state index is 8.94. The summed E-state index contributed by atoms with van der Waals surface area (Å²) in [6.45, 7) is 5.95. The normalized spacial score (nSPS) is 20.5. The third-order valence-electron chi connectivity index (χ3n) is 1.91. The van der Waals surface area contributed by atoms with Crippen LogP contribution in [-0.2, 0) is 0 Å². The van der Waals surface area contributed by atoms with Gasteiger partial charge in [-0.3, -0.25) is 0 Å². The van der Waals surface area contributed by atoms with Crippen molar-refractivity contribution in [3.05, 3.63) is 35.5 Å². The van der Waals surface area contributed by atoms with Crippen LogP contribution >= 0.6 is 0 Å². The van der Waals surface area contributed by atoms with E-state index in [-0.39, 0.29) is 0 Å². The molecule has 0 aromatic rings. The molecule has 0 saturated heterocycles. The zero-order chi connectivity index (χ0) is 9.19. The maximum atomic E-state index is 8.94. The lowest BCUT2D eigenvalue weighted by Gasteiger charge is -2.11. The fraction of sp³-hybridized carbons (Fsp3) is 0.364. The number of hydrogen-bond acceptors (Lipinski definition) is 1. The largest absolute Gasteiger partial charge is 0.197 e. The highest BCUT2D eigenvalue weighted by atomic mass is 14.3. The van der Waals surface area contributed by atoms with Gasteiger partial charge in [0.2, 0.25) is 0 Å². The Kier molecular flexibility index (Phi) is 2.19. The average molecular weight is 159 g/mol. The molecular formula is C11H13N. The summed E-state index contributed by atoms with van der Waals surface area (Å²) in [6, 6.07) is 2.29. The molecule has 1 rings (SSSR count). The molecule has 1 aliphatic carbocycles. The Hall–Kier alpha value is -1.29. The second-order valence-electron chi connectivity index (χ2n) is 3.50. The van der Waals surface area contributed by atoms with Gasteiger partial charge in [-0.05, 0) is 20.8 Å². The van der Waals surface area contributed by atoms with Crippen LogP contribution in [0.4, 0.5) is 0 Å². The van der Waals surface area contributed by atoms with E-state index >= 15 is 0 Å². The third kappa shape index (κ3) is 1.85. The smallest absolute Gasteiger partial charge is 0.0916 e. The first-order valence-corrected chi connectivity index (χ1v) is 4.04. The molecule has 0 amide bonds. The van der Waals surface area contributed by atoms with Crippen molar-refractivity contribution in [2.75, 3.05) is 0 Å². The zero-order valence-corrected chi connectivity index (χ0v) is 7.76.